The molecule has 1 N–H and O–H groups in total. The number of hydrogen-bond acceptors (Lipinski definition) is 7. The van der Waals surface area contributed by atoms with Crippen LogP contribution in [0.15, 0.2) is 36.8 Å². The summed E-state index contributed by atoms with van der Waals surface area (Å²) in [7, 11) is 0. The van der Waals surface area contributed by atoms with Crippen LogP contribution in [0.3, 0.4) is 0 Å². The lowest BCUT2D eigenvalue weighted by molar-refractivity contribution is -0.115. The van der Waals surface area contributed by atoms with Crippen LogP contribution in [0.2, 0.25) is 0 Å². The smallest absolute Gasteiger partial charge is 0.232 e. The van der Waals surface area contributed by atoms with Crippen molar-refractivity contribution in [2.24, 2.45) is 0 Å². The van der Waals surface area contributed by atoms with E-state index in [9.17, 15) is 10.1 Å². The highest BCUT2D eigenvalue weighted by molar-refractivity contribution is 6.03. The van der Waals surface area contributed by atoms with Crippen molar-refractivity contribution in [3.05, 3.63) is 54.0 Å². The lowest BCUT2D eigenvalue weighted by atomic mass is 10.0. The molecule has 0 radical (unpaired) electrons. The molecule has 2 atom stereocenters. The van der Waals surface area contributed by atoms with Crippen molar-refractivity contribution in [3.63, 3.8) is 0 Å². The molecule has 0 saturated carbocycles. The van der Waals surface area contributed by atoms with Crippen LogP contribution in [-0.2, 0) is 16.0 Å². The molecule has 1 aliphatic heterocycles. The van der Waals surface area contributed by atoms with Crippen LogP contribution >= 0.6 is 0 Å². The third-order valence-electron chi connectivity index (χ3n) is 5.92. The van der Waals surface area contributed by atoms with Gasteiger partial charge in [0.15, 0.2) is 0 Å². The molecule has 1 aromatic carbocycles. The fourth-order valence-corrected chi connectivity index (χ4v) is 4.43. The second kappa shape index (κ2) is 8.56. The van der Waals surface area contributed by atoms with Crippen LogP contribution in [0.4, 0.5) is 5.69 Å². The Bertz CT molecular complexity index is 1390. The number of hydrogen-bond donors (Lipinski definition) is 1. The number of imidazole rings is 1. The number of pyridine rings is 1. The van der Waals surface area contributed by atoms with Crippen molar-refractivity contribution in [2.75, 3.05) is 11.9 Å². The van der Waals surface area contributed by atoms with E-state index >= 15 is 0 Å². The quantitative estimate of drug-likeness (QED) is 0.515. The van der Waals surface area contributed by atoms with Crippen molar-refractivity contribution < 1.29 is 9.53 Å². The third kappa shape index (κ3) is 4.13. The molecule has 4 heterocycles. The van der Waals surface area contributed by atoms with Gasteiger partial charge >= 0.3 is 0 Å². The number of aromatic nitrogens is 5. The van der Waals surface area contributed by atoms with Gasteiger partial charge in [-0.3, -0.25) is 9.78 Å². The van der Waals surface area contributed by atoms with Gasteiger partial charge in [-0.25, -0.2) is 15.0 Å². The number of rotatable bonds is 4. The number of carbonyl (C=O) groups excluding carboxylic acids is 1. The number of nitrogens with zero attached hydrogens (tertiary/aromatic N) is 6. The van der Waals surface area contributed by atoms with E-state index in [1.807, 2.05) is 12.1 Å². The summed E-state index contributed by atoms with van der Waals surface area (Å²) < 4.78 is 7.93. The number of nitrogens with one attached hydrogen (secondary N) is 1. The average molecular weight is 441 g/mol. The fraction of sp³-hybridized carbons (Fsp3) is 0.333. The van der Waals surface area contributed by atoms with Crippen molar-refractivity contribution in [2.45, 2.75) is 45.3 Å². The summed E-state index contributed by atoms with van der Waals surface area (Å²) >= 11 is 0. The van der Waals surface area contributed by atoms with E-state index in [1.165, 1.54) is 0 Å². The van der Waals surface area contributed by atoms with Crippen LogP contribution in [0, 0.1) is 18.3 Å². The first-order chi connectivity index (χ1) is 16.0. The van der Waals surface area contributed by atoms with Gasteiger partial charge in [0.05, 0.1) is 59.5 Å². The summed E-state index contributed by atoms with van der Waals surface area (Å²) in [6, 6.07) is 7.79. The molecule has 1 aliphatic rings. The molecule has 0 spiro atoms. The molecule has 9 heteroatoms. The average Bonchev–Trinajstić information content (AvgIpc) is 3.18. The molecule has 166 valence electrons. The lowest BCUT2D eigenvalue weighted by Gasteiger charge is -2.30. The highest BCUT2D eigenvalue weighted by Crippen LogP contribution is 2.34. The molecule has 0 aliphatic carbocycles. The number of anilines is 1. The van der Waals surface area contributed by atoms with Gasteiger partial charge in [0.1, 0.15) is 17.2 Å². The first-order valence-corrected chi connectivity index (χ1v) is 10.9. The summed E-state index contributed by atoms with van der Waals surface area (Å²) in [5, 5.41) is 13.1. The summed E-state index contributed by atoms with van der Waals surface area (Å²) in [4.78, 5) is 30.5. The Morgan fingerprint density at radius 3 is 2.82 bits per heavy atom. The molecular formula is C24H23N7O2. The van der Waals surface area contributed by atoms with Crippen molar-refractivity contribution >= 4 is 33.5 Å². The first-order valence-electron chi connectivity index (χ1n) is 10.9. The Morgan fingerprint density at radius 2 is 2.06 bits per heavy atom. The maximum absolute atomic E-state index is 12.9. The van der Waals surface area contributed by atoms with Crippen LogP contribution in [0.25, 0.3) is 21.9 Å². The minimum Gasteiger partial charge on any atom is -0.378 e. The molecule has 0 unspecified atom stereocenters. The zero-order valence-electron chi connectivity index (χ0n) is 18.4. The number of ether oxygens (including phenoxy) is 1. The maximum Gasteiger partial charge on any atom is 0.232 e. The summed E-state index contributed by atoms with van der Waals surface area (Å²) in [5.74, 6) is 1.10. The Labute approximate surface area is 190 Å². The van der Waals surface area contributed by atoms with Gasteiger partial charge in [-0.2, -0.15) is 5.26 Å². The molecule has 3 aromatic heterocycles. The molecule has 9 nitrogen and oxygen atoms in total. The standard InChI is InChI=1S/C24H23N7O2/c1-14-7-18(5-6-33-14)31-22(9-23(32)29-17-11-26-15(2)27-12-17)30-21-13-28-20-4-3-16(10-25)8-19(20)24(21)31/h3-4,8,11-14,18H,5-7,9H2,1-2H3,(H,29,32)/t14-,18-/m1/s1. The molecule has 0 bridgehead atoms. The van der Waals surface area contributed by atoms with E-state index in [1.54, 1.807) is 31.6 Å². The zero-order chi connectivity index (χ0) is 22.9. The maximum atomic E-state index is 12.9. The number of aryl methyl sites for hydroxylation is 1. The molecule has 5 rings (SSSR count). The highest BCUT2D eigenvalue weighted by atomic mass is 16.5. The fourth-order valence-electron chi connectivity index (χ4n) is 4.43. The summed E-state index contributed by atoms with van der Waals surface area (Å²) in [5.41, 5.74) is 3.49. The molecule has 33 heavy (non-hydrogen) atoms. The SMILES string of the molecule is Cc1ncc(NC(=O)Cc2nc3cnc4ccc(C#N)cc4c3n2[C@@H]2CCO[C@H](C)C2)cn1. The number of amides is 1. The topological polar surface area (TPSA) is 119 Å². The van der Waals surface area contributed by atoms with Crippen LogP contribution in [-0.4, -0.2) is 43.1 Å². The summed E-state index contributed by atoms with van der Waals surface area (Å²) in [6.07, 6.45) is 6.74. The van der Waals surface area contributed by atoms with Crippen molar-refractivity contribution in [3.8, 4) is 6.07 Å². The number of fused-ring (bicyclic) bond motifs is 3. The minimum atomic E-state index is -0.200. The molecular weight excluding hydrogens is 418 g/mol. The Hall–Kier alpha value is -3.90. The molecule has 1 amide bonds. The Morgan fingerprint density at radius 1 is 1.24 bits per heavy atom. The zero-order valence-corrected chi connectivity index (χ0v) is 18.4. The van der Waals surface area contributed by atoms with Crippen LogP contribution in [0.1, 0.15) is 43.0 Å². The number of carbonyl (C=O) groups is 1. The first kappa shape index (κ1) is 21.0. The van der Waals surface area contributed by atoms with Crippen molar-refractivity contribution in [1.82, 2.24) is 24.5 Å². The monoisotopic (exact) mass is 441 g/mol. The van der Waals surface area contributed by atoms with Gasteiger partial charge in [-0.05, 0) is 44.9 Å². The second-order valence-corrected chi connectivity index (χ2v) is 8.34. The normalized spacial score (nSPS) is 18.3. The number of nitriles is 1. The van der Waals surface area contributed by atoms with Crippen LogP contribution in [0.5, 0.6) is 0 Å². The van der Waals surface area contributed by atoms with E-state index in [0.29, 0.717) is 35.0 Å². The molecule has 1 saturated heterocycles. The van der Waals surface area contributed by atoms with Gasteiger partial charge in [0, 0.05) is 18.0 Å². The highest BCUT2D eigenvalue weighted by Gasteiger charge is 2.27. The predicted octanol–water partition coefficient (Wildman–Crippen LogP) is 3.48. The van der Waals surface area contributed by atoms with Gasteiger partial charge in [0.2, 0.25) is 5.91 Å². The van der Waals surface area contributed by atoms with Gasteiger partial charge in [-0.1, -0.05) is 0 Å². The summed E-state index contributed by atoms with van der Waals surface area (Å²) in [6.45, 7) is 4.49. The Balaban J connectivity index is 1.60. The van der Waals surface area contributed by atoms with Gasteiger partial charge in [-0.15, -0.1) is 0 Å². The largest absolute Gasteiger partial charge is 0.378 e. The Kier molecular flexibility index (Phi) is 5.44. The lowest BCUT2D eigenvalue weighted by Crippen LogP contribution is -2.27. The third-order valence-corrected chi connectivity index (χ3v) is 5.92. The predicted molar refractivity (Wildman–Crippen MR) is 123 cm³/mol. The molecule has 4 aromatic rings. The van der Waals surface area contributed by atoms with E-state index in [0.717, 1.165) is 29.3 Å². The molecule has 1 fully saturated rings. The van der Waals surface area contributed by atoms with E-state index in [-0.39, 0.29) is 24.5 Å². The van der Waals surface area contributed by atoms with Gasteiger partial charge < -0.3 is 14.6 Å². The van der Waals surface area contributed by atoms with E-state index in [2.05, 4.69) is 37.8 Å². The van der Waals surface area contributed by atoms with E-state index in [4.69, 9.17) is 9.72 Å². The van der Waals surface area contributed by atoms with Gasteiger partial charge in [0.25, 0.3) is 0 Å². The number of benzene rings is 1. The minimum absolute atomic E-state index is 0.0910. The second-order valence-electron chi connectivity index (χ2n) is 8.34. The van der Waals surface area contributed by atoms with Crippen LogP contribution < -0.4 is 5.32 Å². The van der Waals surface area contributed by atoms with Crippen molar-refractivity contribution in [1.29, 1.82) is 5.26 Å². The van der Waals surface area contributed by atoms with E-state index < -0.39 is 0 Å².